The Morgan fingerprint density at radius 2 is 2.22 bits per heavy atom. The summed E-state index contributed by atoms with van der Waals surface area (Å²) in [5.41, 5.74) is 0. The van der Waals surface area contributed by atoms with Crippen molar-refractivity contribution in [2.45, 2.75) is 12.0 Å². The zero-order chi connectivity index (χ0) is 5.84. The first-order valence-electron chi connectivity index (χ1n) is 2.83. The summed E-state index contributed by atoms with van der Waals surface area (Å²) >= 11 is -0.964. The van der Waals surface area contributed by atoms with Gasteiger partial charge in [0.2, 0.25) is 0 Å². The minimum absolute atomic E-state index is 0.000579. The van der Waals surface area contributed by atoms with Gasteiger partial charge in [-0.2, -0.15) is 0 Å². The third-order valence-electron chi connectivity index (χ3n) is 1.59. The van der Waals surface area contributed by atoms with E-state index in [1.54, 1.807) is 12.0 Å². The topological polar surface area (TPSA) is 9.23 Å². The molecule has 4 aliphatic rings. The summed E-state index contributed by atoms with van der Waals surface area (Å²) in [5, 5.41) is 0. The van der Waals surface area contributed by atoms with Gasteiger partial charge in [0, 0.05) is 0 Å². The molecule has 4 atom stereocenters. The molecule has 4 bridgehead atoms. The molecule has 0 radical (unpaired) electrons. The molecule has 1 nitrogen and oxygen atoms in total. The molecule has 0 aromatic rings. The van der Waals surface area contributed by atoms with E-state index in [0.29, 0.717) is 0 Å². The van der Waals surface area contributed by atoms with Crippen molar-refractivity contribution in [1.29, 1.82) is 0 Å². The van der Waals surface area contributed by atoms with E-state index >= 15 is 0 Å². The van der Waals surface area contributed by atoms with Gasteiger partial charge in [-0.1, -0.05) is 0 Å². The number of hydrogen-bond donors (Lipinski definition) is 0. The standard InChI is InChI=1S/C3H6As4OS/c1-4-2-7-8-5(1)3-6(4)9-7/h1-3H2. The molecule has 0 spiro atoms. The molecule has 4 heterocycles. The molecule has 4 saturated heterocycles. The molecule has 0 amide bonds. The second kappa shape index (κ2) is 2.51. The SMILES string of the molecule is C1[As]2C[As]3S[As](C[As]13)O2. The van der Waals surface area contributed by atoms with Crippen molar-refractivity contribution in [1.82, 2.24) is 0 Å². The Hall–Kier alpha value is 2.54. The molecule has 4 rings (SSSR count). The van der Waals surface area contributed by atoms with Crippen LogP contribution in [0.1, 0.15) is 0 Å². The van der Waals surface area contributed by atoms with Crippen molar-refractivity contribution in [3.8, 4) is 0 Å². The van der Waals surface area contributed by atoms with Gasteiger partial charge in [-0.15, -0.1) is 0 Å². The first-order valence-corrected chi connectivity index (χ1v) is 22.8. The molecule has 0 aromatic heterocycles. The molecule has 9 heavy (non-hydrogen) atoms. The van der Waals surface area contributed by atoms with Crippen molar-refractivity contribution >= 4 is 61.1 Å². The van der Waals surface area contributed by atoms with Gasteiger partial charge >= 0.3 is 75.8 Å². The Labute approximate surface area is 74.7 Å². The average molecular weight is 390 g/mol. The van der Waals surface area contributed by atoms with Gasteiger partial charge in [-0.25, -0.2) is 0 Å². The zero-order valence-electron chi connectivity index (χ0n) is 4.73. The van der Waals surface area contributed by atoms with Crippen molar-refractivity contribution < 1.29 is 2.72 Å². The molecule has 0 aromatic carbocycles. The van der Waals surface area contributed by atoms with Crippen molar-refractivity contribution in [3.63, 3.8) is 0 Å². The molecule has 0 aliphatic carbocycles. The average Bonchev–Trinajstić information content (AvgIpc) is 2.20. The molecular formula is C3H6As4OS. The van der Waals surface area contributed by atoms with E-state index in [9.17, 15) is 0 Å². The Morgan fingerprint density at radius 1 is 1.22 bits per heavy atom. The predicted molar refractivity (Wildman–Crippen MR) is 46.1 cm³/mol. The molecule has 4 fully saturated rings. The van der Waals surface area contributed by atoms with Crippen molar-refractivity contribution in [3.05, 3.63) is 0 Å². The van der Waals surface area contributed by atoms with Crippen LogP contribution in [0.3, 0.4) is 0 Å². The van der Waals surface area contributed by atoms with E-state index in [1.165, 1.54) is 0 Å². The summed E-state index contributed by atoms with van der Waals surface area (Å²) in [7, 11) is 2.47. The molecule has 0 saturated carbocycles. The number of hydrogen-bond acceptors (Lipinski definition) is 2. The van der Waals surface area contributed by atoms with Crippen molar-refractivity contribution in [2.75, 3.05) is 0 Å². The summed E-state index contributed by atoms with van der Waals surface area (Å²) in [6.07, 6.45) is 0. The Morgan fingerprint density at radius 3 is 2.89 bits per heavy atom. The molecule has 4 unspecified atom stereocenters. The van der Waals surface area contributed by atoms with Gasteiger partial charge in [-0.3, -0.25) is 0 Å². The predicted octanol–water partition coefficient (Wildman–Crippen LogP) is 0.439. The maximum absolute atomic E-state index is 6.07. The Bertz CT molecular complexity index is 121. The first kappa shape index (κ1) is 7.00. The van der Waals surface area contributed by atoms with E-state index in [1.807, 2.05) is 0 Å². The summed E-state index contributed by atoms with van der Waals surface area (Å²) in [5.74, 6) is 0. The van der Waals surface area contributed by atoms with Crippen molar-refractivity contribution in [2.24, 2.45) is 0 Å². The monoisotopic (exact) mass is 390 g/mol. The fraction of sp³-hybridized carbons (Fsp3) is 1.00. The van der Waals surface area contributed by atoms with E-state index in [-0.39, 0.29) is 24.0 Å². The van der Waals surface area contributed by atoms with Crippen LogP contribution in [0.25, 0.3) is 0 Å². The maximum atomic E-state index is 6.07. The zero-order valence-corrected chi connectivity index (χ0v) is 13.0. The first-order chi connectivity index (χ1) is 4.42. The van der Waals surface area contributed by atoms with Crippen LogP contribution in [0.5, 0.6) is 0 Å². The molecule has 0 N–H and O–H groups in total. The van der Waals surface area contributed by atoms with Crippen LogP contribution < -0.4 is 0 Å². The fourth-order valence-corrected chi connectivity index (χ4v) is 195. The van der Waals surface area contributed by atoms with Gasteiger partial charge in [0.1, 0.15) is 0 Å². The summed E-state index contributed by atoms with van der Waals surface area (Å²) < 4.78 is 11.3. The van der Waals surface area contributed by atoms with Gasteiger partial charge in [0.15, 0.2) is 0 Å². The van der Waals surface area contributed by atoms with Crippen LogP contribution in [-0.2, 0) is 2.72 Å². The van der Waals surface area contributed by atoms with Crippen LogP contribution >= 0.6 is 8.29 Å². The van der Waals surface area contributed by atoms with Gasteiger partial charge in [-0.05, 0) is 0 Å². The second-order valence-electron chi connectivity index (χ2n) is 2.26. The second-order valence-corrected chi connectivity index (χ2v) is 47.9. The Kier molecular flexibility index (Phi) is 1.95. The summed E-state index contributed by atoms with van der Waals surface area (Å²) in [4.78, 5) is 0. The van der Waals surface area contributed by atoms with Crippen LogP contribution in [0.4, 0.5) is 0 Å². The third-order valence-corrected chi connectivity index (χ3v) is 101. The fourth-order valence-electron chi connectivity index (χ4n) is 1.20. The normalized spacial score (nSPS) is 61.3. The van der Waals surface area contributed by atoms with Gasteiger partial charge in [0.25, 0.3) is 0 Å². The van der Waals surface area contributed by atoms with Gasteiger partial charge in [0.05, 0.1) is 0 Å². The van der Waals surface area contributed by atoms with E-state index in [0.717, 1.165) is 0 Å². The molecule has 6 heteroatoms. The quantitative estimate of drug-likeness (QED) is 0.556. The molecule has 4 aliphatic heterocycles. The minimum atomic E-state index is -0.490. The third kappa shape index (κ3) is 1.09. The summed E-state index contributed by atoms with van der Waals surface area (Å²) in [6, 6.07) is 0. The molecular weight excluding hydrogens is 384 g/mol. The Balaban J connectivity index is 2.00. The van der Waals surface area contributed by atoms with E-state index in [4.69, 9.17) is 2.72 Å². The molecule has 50 valence electrons. The van der Waals surface area contributed by atoms with E-state index < -0.39 is 28.8 Å². The number of rotatable bonds is 0. The van der Waals surface area contributed by atoms with Crippen LogP contribution in [0, 0.1) is 0 Å². The summed E-state index contributed by atoms with van der Waals surface area (Å²) in [6.45, 7) is 0. The van der Waals surface area contributed by atoms with Gasteiger partial charge < -0.3 is 0 Å². The van der Waals surface area contributed by atoms with Crippen LogP contribution in [0.2, 0.25) is 12.0 Å². The van der Waals surface area contributed by atoms with Crippen LogP contribution in [-0.4, -0.2) is 52.8 Å². The van der Waals surface area contributed by atoms with E-state index in [2.05, 4.69) is 8.29 Å². The van der Waals surface area contributed by atoms with Crippen LogP contribution in [0.15, 0.2) is 0 Å².